The number of likely N-dealkylation sites (tertiary alicyclic amines) is 1. The summed E-state index contributed by atoms with van der Waals surface area (Å²) >= 11 is 0. The topological polar surface area (TPSA) is 100 Å². The van der Waals surface area contributed by atoms with Gasteiger partial charge < -0.3 is 15.0 Å². The molecule has 1 aliphatic rings. The first kappa shape index (κ1) is 19.6. The second kappa shape index (κ2) is 8.36. The van der Waals surface area contributed by atoms with Gasteiger partial charge in [0.15, 0.2) is 0 Å². The average molecular weight is 405 g/mol. The van der Waals surface area contributed by atoms with Crippen LogP contribution in [0.1, 0.15) is 21.5 Å². The lowest BCUT2D eigenvalue weighted by Crippen LogP contribution is -2.65. The van der Waals surface area contributed by atoms with Crippen molar-refractivity contribution < 1.29 is 14.3 Å². The van der Waals surface area contributed by atoms with E-state index in [4.69, 9.17) is 4.74 Å². The van der Waals surface area contributed by atoms with Crippen LogP contribution in [0, 0.1) is 5.41 Å². The number of aromatic amines is 1. The lowest BCUT2D eigenvalue weighted by molar-refractivity contribution is -0.139. The van der Waals surface area contributed by atoms with Gasteiger partial charge in [0, 0.05) is 38.2 Å². The van der Waals surface area contributed by atoms with E-state index in [-0.39, 0.29) is 11.8 Å². The number of hydrogen-bond acceptors (Lipinski definition) is 5. The Morgan fingerprint density at radius 3 is 2.70 bits per heavy atom. The molecular weight excluding hydrogens is 382 g/mol. The van der Waals surface area contributed by atoms with Crippen molar-refractivity contribution in [1.82, 2.24) is 25.4 Å². The molecule has 30 heavy (non-hydrogen) atoms. The predicted molar refractivity (Wildman–Crippen MR) is 110 cm³/mol. The van der Waals surface area contributed by atoms with Crippen LogP contribution < -0.4 is 10.1 Å². The summed E-state index contributed by atoms with van der Waals surface area (Å²) in [7, 11) is 1.62. The molecule has 0 atom stereocenters. The number of methoxy groups -OCH3 is 1. The maximum absolute atomic E-state index is 13.2. The zero-order chi connectivity index (χ0) is 21.0. The first-order chi connectivity index (χ1) is 14.6. The molecule has 3 aromatic rings. The van der Waals surface area contributed by atoms with E-state index >= 15 is 0 Å². The molecule has 2 aromatic heterocycles. The fourth-order valence-electron chi connectivity index (χ4n) is 3.76. The smallest absolute Gasteiger partial charge is 0.257 e. The summed E-state index contributed by atoms with van der Waals surface area (Å²) in [5.74, 6) is 0.538. The average Bonchev–Trinajstić information content (AvgIpc) is 3.29. The van der Waals surface area contributed by atoms with Gasteiger partial charge in [-0.2, -0.15) is 5.10 Å². The van der Waals surface area contributed by atoms with Gasteiger partial charge in [-0.15, -0.1) is 0 Å². The van der Waals surface area contributed by atoms with Crippen molar-refractivity contribution in [3.63, 3.8) is 0 Å². The van der Waals surface area contributed by atoms with Crippen LogP contribution in [-0.4, -0.2) is 52.1 Å². The zero-order valence-electron chi connectivity index (χ0n) is 16.7. The van der Waals surface area contributed by atoms with Crippen LogP contribution in [0.15, 0.2) is 61.2 Å². The van der Waals surface area contributed by atoms with E-state index in [1.807, 2.05) is 36.4 Å². The molecule has 0 radical (unpaired) electrons. The van der Waals surface area contributed by atoms with E-state index in [0.29, 0.717) is 31.6 Å². The molecule has 8 heteroatoms. The molecule has 1 fully saturated rings. The normalized spacial score (nSPS) is 14.6. The fourth-order valence-corrected chi connectivity index (χ4v) is 3.76. The van der Waals surface area contributed by atoms with Gasteiger partial charge in [0.25, 0.3) is 5.91 Å². The number of carbonyl (C=O) groups excluding carboxylic acids is 2. The molecule has 8 nitrogen and oxygen atoms in total. The van der Waals surface area contributed by atoms with Crippen molar-refractivity contribution in [2.24, 2.45) is 5.41 Å². The van der Waals surface area contributed by atoms with Gasteiger partial charge in [-0.1, -0.05) is 12.1 Å². The van der Waals surface area contributed by atoms with Crippen LogP contribution >= 0.6 is 0 Å². The molecule has 1 aliphatic heterocycles. The first-order valence-electron chi connectivity index (χ1n) is 9.68. The number of nitrogens with zero attached hydrogens (tertiary/aromatic N) is 3. The molecule has 0 saturated carbocycles. The van der Waals surface area contributed by atoms with Crippen LogP contribution in [0.25, 0.3) is 0 Å². The Balaban J connectivity index is 1.51. The van der Waals surface area contributed by atoms with Gasteiger partial charge in [0.2, 0.25) is 5.91 Å². The van der Waals surface area contributed by atoms with Crippen molar-refractivity contribution in [1.29, 1.82) is 0 Å². The minimum atomic E-state index is -0.696. The third-order valence-electron chi connectivity index (χ3n) is 5.38. The minimum absolute atomic E-state index is 0.0709. The summed E-state index contributed by atoms with van der Waals surface area (Å²) in [5.41, 5.74) is 1.75. The number of rotatable bonds is 7. The summed E-state index contributed by atoms with van der Waals surface area (Å²) < 4.78 is 5.31. The molecule has 0 spiro atoms. The van der Waals surface area contributed by atoms with Gasteiger partial charge in [-0.25, -0.2) is 0 Å². The lowest BCUT2D eigenvalue weighted by Gasteiger charge is -2.49. The van der Waals surface area contributed by atoms with E-state index < -0.39 is 5.41 Å². The van der Waals surface area contributed by atoms with Crippen molar-refractivity contribution in [2.75, 3.05) is 20.2 Å². The predicted octanol–water partition coefficient (Wildman–Crippen LogP) is 1.81. The summed E-state index contributed by atoms with van der Waals surface area (Å²) in [6, 6.07) is 11.4. The molecule has 0 unspecified atom stereocenters. The Kier molecular flexibility index (Phi) is 5.47. The molecule has 4 rings (SSSR count). The van der Waals surface area contributed by atoms with Crippen molar-refractivity contribution in [2.45, 2.75) is 13.0 Å². The molecule has 2 N–H and O–H groups in total. The monoisotopic (exact) mass is 405 g/mol. The van der Waals surface area contributed by atoms with Crippen molar-refractivity contribution in [3.8, 4) is 5.75 Å². The quantitative estimate of drug-likeness (QED) is 0.625. The Morgan fingerprint density at radius 2 is 2.00 bits per heavy atom. The summed E-state index contributed by atoms with van der Waals surface area (Å²) in [5, 5.41) is 9.52. The molecule has 3 heterocycles. The van der Waals surface area contributed by atoms with Crippen LogP contribution in [0.5, 0.6) is 5.75 Å². The Bertz CT molecular complexity index is 1010. The molecule has 154 valence electrons. The van der Waals surface area contributed by atoms with Crippen molar-refractivity contribution in [3.05, 3.63) is 77.9 Å². The highest BCUT2D eigenvalue weighted by atomic mass is 16.5. The number of pyridine rings is 1. The first-order valence-corrected chi connectivity index (χ1v) is 9.68. The molecule has 0 bridgehead atoms. The molecule has 0 aliphatic carbocycles. The minimum Gasteiger partial charge on any atom is -0.497 e. The fraction of sp³-hybridized carbons (Fsp3) is 0.273. The Labute approximate surface area is 174 Å². The number of nitrogens with one attached hydrogen (secondary N) is 2. The zero-order valence-corrected chi connectivity index (χ0v) is 16.7. The van der Waals surface area contributed by atoms with Gasteiger partial charge in [0.1, 0.15) is 5.75 Å². The second-order valence-electron chi connectivity index (χ2n) is 7.49. The SMILES string of the molecule is COc1cccc(CC2(C(=O)NCc3ccncc3)CN(C(=O)c3cn[nH]c3)C2)c1. The van der Waals surface area contributed by atoms with Crippen LogP contribution in [0.4, 0.5) is 0 Å². The number of H-pyrrole nitrogens is 1. The molecular formula is C22H23N5O3. The van der Waals surface area contributed by atoms with Crippen LogP contribution in [-0.2, 0) is 17.8 Å². The number of carbonyl (C=O) groups is 2. The second-order valence-corrected chi connectivity index (χ2v) is 7.49. The molecule has 1 aromatic carbocycles. The van der Waals surface area contributed by atoms with Crippen LogP contribution in [0.2, 0.25) is 0 Å². The van der Waals surface area contributed by atoms with E-state index in [9.17, 15) is 9.59 Å². The Hall–Kier alpha value is -3.68. The summed E-state index contributed by atoms with van der Waals surface area (Å²) in [6.45, 7) is 1.10. The summed E-state index contributed by atoms with van der Waals surface area (Å²) in [4.78, 5) is 31.5. The van der Waals surface area contributed by atoms with Crippen molar-refractivity contribution >= 4 is 11.8 Å². The number of benzene rings is 1. The van der Waals surface area contributed by atoms with Gasteiger partial charge in [0.05, 0.1) is 24.3 Å². The highest BCUT2D eigenvalue weighted by Gasteiger charge is 2.51. The van der Waals surface area contributed by atoms with E-state index in [1.165, 1.54) is 6.20 Å². The number of amides is 2. The highest BCUT2D eigenvalue weighted by Crippen LogP contribution is 2.36. The molecule has 2 amide bonds. The third-order valence-corrected chi connectivity index (χ3v) is 5.38. The number of aromatic nitrogens is 3. The van der Waals surface area contributed by atoms with E-state index in [2.05, 4.69) is 20.5 Å². The van der Waals surface area contributed by atoms with Crippen LogP contribution in [0.3, 0.4) is 0 Å². The van der Waals surface area contributed by atoms with E-state index in [0.717, 1.165) is 16.9 Å². The molecule has 1 saturated heterocycles. The Morgan fingerprint density at radius 1 is 1.20 bits per heavy atom. The van der Waals surface area contributed by atoms with Gasteiger partial charge >= 0.3 is 0 Å². The van der Waals surface area contributed by atoms with Gasteiger partial charge in [-0.05, 0) is 41.8 Å². The maximum Gasteiger partial charge on any atom is 0.257 e. The standard InChI is InChI=1S/C22H23N5O3/c1-30-19-4-2-3-17(9-19)10-22(21(29)24-11-16-5-7-23-8-6-16)14-27(15-22)20(28)18-12-25-26-13-18/h2-9,12-13H,10-11,14-15H2,1H3,(H,24,29)(H,25,26). The summed E-state index contributed by atoms with van der Waals surface area (Å²) in [6.07, 6.45) is 6.97. The van der Waals surface area contributed by atoms with Gasteiger partial charge in [-0.3, -0.25) is 19.7 Å². The largest absolute Gasteiger partial charge is 0.497 e. The van der Waals surface area contributed by atoms with E-state index in [1.54, 1.807) is 30.6 Å². The number of ether oxygens (including phenoxy) is 1. The maximum atomic E-state index is 13.2. The third kappa shape index (κ3) is 4.03. The number of hydrogen-bond donors (Lipinski definition) is 2. The lowest BCUT2D eigenvalue weighted by atomic mass is 9.73. The highest BCUT2D eigenvalue weighted by molar-refractivity contribution is 5.96.